The molecule has 3 atom stereocenters. The number of unbranched alkanes of at least 4 members (excludes halogenated alkanes) is 4. The molecule has 0 bridgehead atoms. The summed E-state index contributed by atoms with van der Waals surface area (Å²) in [5, 5.41) is 3.87. The summed E-state index contributed by atoms with van der Waals surface area (Å²) in [6.45, 7) is 8.19. The molecule has 3 unspecified atom stereocenters. The van der Waals surface area contributed by atoms with Crippen molar-refractivity contribution in [2.75, 3.05) is 6.54 Å². The predicted octanol–water partition coefficient (Wildman–Crippen LogP) is 5.93. The molecule has 1 fully saturated rings. The summed E-state index contributed by atoms with van der Waals surface area (Å²) in [5.74, 6) is 1.98. The number of hydrogen-bond acceptors (Lipinski definition) is 1. The predicted molar refractivity (Wildman–Crippen MR) is 91.2 cm³/mol. The second-order valence-corrected chi connectivity index (χ2v) is 6.96. The van der Waals surface area contributed by atoms with E-state index in [2.05, 4.69) is 26.1 Å². The van der Waals surface area contributed by atoms with E-state index in [-0.39, 0.29) is 0 Å². The van der Waals surface area contributed by atoms with Gasteiger partial charge in [0.05, 0.1) is 0 Å². The summed E-state index contributed by atoms with van der Waals surface area (Å²) in [5.41, 5.74) is 0. The van der Waals surface area contributed by atoms with Gasteiger partial charge in [0, 0.05) is 6.04 Å². The molecule has 0 amide bonds. The first kappa shape index (κ1) is 18.0. The van der Waals surface area contributed by atoms with E-state index >= 15 is 0 Å². The monoisotopic (exact) mass is 281 g/mol. The van der Waals surface area contributed by atoms with Crippen LogP contribution in [-0.2, 0) is 0 Å². The maximum Gasteiger partial charge on any atom is 0.00954 e. The highest BCUT2D eigenvalue weighted by Crippen LogP contribution is 2.34. The molecular formula is C19H39N. The normalized spacial score (nSPS) is 24.8. The molecule has 0 saturated heterocycles. The maximum atomic E-state index is 3.87. The van der Waals surface area contributed by atoms with Crippen molar-refractivity contribution in [2.24, 2.45) is 11.8 Å². The lowest BCUT2D eigenvalue weighted by molar-refractivity contribution is 0.199. The van der Waals surface area contributed by atoms with Crippen molar-refractivity contribution in [3.05, 3.63) is 0 Å². The van der Waals surface area contributed by atoms with Crippen molar-refractivity contribution in [3.8, 4) is 0 Å². The van der Waals surface area contributed by atoms with Crippen LogP contribution in [0.3, 0.4) is 0 Å². The Labute approximate surface area is 128 Å². The third-order valence-electron chi connectivity index (χ3n) is 5.24. The zero-order valence-electron chi connectivity index (χ0n) is 14.4. The van der Waals surface area contributed by atoms with Gasteiger partial charge < -0.3 is 5.32 Å². The molecule has 1 heteroatoms. The molecule has 0 radical (unpaired) electrons. The quantitative estimate of drug-likeness (QED) is 0.463. The summed E-state index contributed by atoms with van der Waals surface area (Å²) < 4.78 is 0. The lowest BCUT2D eigenvalue weighted by Crippen LogP contribution is -2.39. The Morgan fingerprint density at radius 2 is 1.75 bits per heavy atom. The molecule has 1 N–H and O–H groups in total. The Morgan fingerprint density at radius 1 is 0.950 bits per heavy atom. The van der Waals surface area contributed by atoms with Crippen LogP contribution in [0.4, 0.5) is 0 Å². The van der Waals surface area contributed by atoms with Gasteiger partial charge in [-0.25, -0.2) is 0 Å². The summed E-state index contributed by atoms with van der Waals surface area (Å²) in [6.07, 6.45) is 17.1. The van der Waals surface area contributed by atoms with Gasteiger partial charge in [-0.2, -0.15) is 0 Å². The smallest absolute Gasteiger partial charge is 0.00954 e. The van der Waals surface area contributed by atoms with Crippen LogP contribution in [0.25, 0.3) is 0 Å². The molecule has 1 aliphatic rings. The Balaban J connectivity index is 2.33. The van der Waals surface area contributed by atoms with Crippen LogP contribution in [0.1, 0.15) is 97.8 Å². The highest BCUT2D eigenvalue weighted by Gasteiger charge is 2.26. The van der Waals surface area contributed by atoms with E-state index in [1.807, 2.05) is 0 Å². The van der Waals surface area contributed by atoms with Gasteiger partial charge in [0.15, 0.2) is 0 Å². The van der Waals surface area contributed by atoms with Crippen LogP contribution >= 0.6 is 0 Å². The van der Waals surface area contributed by atoms with Crippen LogP contribution in [0.15, 0.2) is 0 Å². The fraction of sp³-hybridized carbons (Fsp3) is 1.00. The molecule has 0 spiro atoms. The number of rotatable bonds is 11. The third kappa shape index (κ3) is 7.11. The van der Waals surface area contributed by atoms with Crippen molar-refractivity contribution in [1.82, 2.24) is 5.32 Å². The molecule has 0 aromatic carbocycles. The zero-order valence-corrected chi connectivity index (χ0v) is 14.4. The first-order valence-corrected chi connectivity index (χ1v) is 9.55. The van der Waals surface area contributed by atoms with Gasteiger partial charge in [-0.1, -0.05) is 72.1 Å². The van der Waals surface area contributed by atoms with Gasteiger partial charge >= 0.3 is 0 Å². The molecule has 1 rings (SSSR count). The molecule has 0 aromatic rings. The molecule has 1 nitrogen and oxygen atoms in total. The number of nitrogens with one attached hydrogen (secondary N) is 1. The van der Waals surface area contributed by atoms with Crippen molar-refractivity contribution in [2.45, 2.75) is 104 Å². The molecule has 20 heavy (non-hydrogen) atoms. The lowest BCUT2D eigenvalue weighted by Gasteiger charge is -2.35. The van der Waals surface area contributed by atoms with Crippen molar-refractivity contribution < 1.29 is 0 Å². The van der Waals surface area contributed by atoms with Gasteiger partial charge in [-0.05, 0) is 44.1 Å². The van der Waals surface area contributed by atoms with Crippen LogP contribution in [-0.4, -0.2) is 12.6 Å². The van der Waals surface area contributed by atoms with Crippen LogP contribution in [0.5, 0.6) is 0 Å². The fourth-order valence-corrected chi connectivity index (χ4v) is 3.87. The standard InChI is InChI=1S/C19H39N/c1-4-7-8-9-10-14-19(20-15-5-2)18-13-11-12-17(6-3)16-18/h17-20H,4-16H2,1-3H3. The molecule has 1 saturated carbocycles. The van der Waals surface area contributed by atoms with Gasteiger partial charge in [0.1, 0.15) is 0 Å². The third-order valence-corrected chi connectivity index (χ3v) is 5.24. The largest absolute Gasteiger partial charge is 0.314 e. The van der Waals surface area contributed by atoms with Gasteiger partial charge in [-0.15, -0.1) is 0 Å². The van der Waals surface area contributed by atoms with Gasteiger partial charge in [0.25, 0.3) is 0 Å². The molecule has 0 heterocycles. The van der Waals surface area contributed by atoms with Crippen LogP contribution in [0.2, 0.25) is 0 Å². The molecule has 1 aliphatic carbocycles. The Hall–Kier alpha value is -0.0400. The molecule has 120 valence electrons. The van der Waals surface area contributed by atoms with E-state index in [9.17, 15) is 0 Å². The van der Waals surface area contributed by atoms with Crippen molar-refractivity contribution in [3.63, 3.8) is 0 Å². The summed E-state index contributed by atoms with van der Waals surface area (Å²) in [4.78, 5) is 0. The van der Waals surface area contributed by atoms with Crippen molar-refractivity contribution >= 4 is 0 Å². The van der Waals surface area contributed by atoms with Crippen LogP contribution < -0.4 is 5.32 Å². The minimum atomic E-state index is 0.811. The first-order chi connectivity index (χ1) is 9.81. The minimum Gasteiger partial charge on any atom is -0.314 e. The Bertz CT molecular complexity index is 214. The average Bonchev–Trinajstić information content (AvgIpc) is 2.50. The Kier molecular flexibility index (Phi) is 10.4. The summed E-state index contributed by atoms with van der Waals surface area (Å²) in [7, 11) is 0. The summed E-state index contributed by atoms with van der Waals surface area (Å²) >= 11 is 0. The van der Waals surface area contributed by atoms with E-state index in [1.165, 1.54) is 83.6 Å². The zero-order chi connectivity index (χ0) is 14.6. The second kappa shape index (κ2) is 11.6. The minimum absolute atomic E-state index is 0.811. The lowest BCUT2D eigenvalue weighted by atomic mass is 9.75. The summed E-state index contributed by atoms with van der Waals surface area (Å²) in [6, 6.07) is 0.811. The van der Waals surface area contributed by atoms with E-state index in [1.54, 1.807) is 0 Å². The van der Waals surface area contributed by atoms with Crippen molar-refractivity contribution in [1.29, 1.82) is 0 Å². The Morgan fingerprint density at radius 3 is 2.45 bits per heavy atom. The van der Waals surface area contributed by atoms with Crippen LogP contribution in [0, 0.1) is 11.8 Å². The average molecular weight is 282 g/mol. The molecular weight excluding hydrogens is 242 g/mol. The van der Waals surface area contributed by atoms with E-state index < -0.39 is 0 Å². The van der Waals surface area contributed by atoms with E-state index in [0.717, 1.165) is 17.9 Å². The first-order valence-electron chi connectivity index (χ1n) is 9.55. The van der Waals surface area contributed by atoms with E-state index in [4.69, 9.17) is 0 Å². The highest BCUT2D eigenvalue weighted by atomic mass is 14.9. The highest BCUT2D eigenvalue weighted by molar-refractivity contribution is 4.82. The maximum absolute atomic E-state index is 3.87. The SMILES string of the molecule is CCCCCCCC(NCCC)C1CCCC(CC)C1. The van der Waals surface area contributed by atoms with E-state index in [0.29, 0.717) is 0 Å². The fourth-order valence-electron chi connectivity index (χ4n) is 3.87. The van der Waals surface area contributed by atoms with Gasteiger partial charge in [-0.3, -0.25) is 0 Å². The topological polar surface area (TPSA) is 12.0 Å². The second-order valence-electron chi connectivity index (χ2n) is 6.96. The molecule has 0 aromatic heterocycles. The molecule has 0 aliphatic heterocycles. The van der Waals surface area contributed by atoms with Gasteiger partial charge in [0.2, 0.25) is 0 Å². The number of hydrogen-bond donors (Lipinski definition) is 1.